The summed E-state index contributed by atoms with van der Waals surface area (Å²) in [5, 5.41) is 0. The lowest BCUT2D eigenvalue weighted by Gasteiger charge is -2.60. The third-order valence-corrected chi connectivity index (χ3v) is 9.95. The normalized spacial score (nSPS) is 54.2. The molecule has 0 aromatic rings. The van der Waals surface area contributed by atoms with E-state index in [-0.39, 0.29) is 6.29 Å². The molecule has 0 bridgehead atoms. The molecule has 1 heterocycles. The summed E-state index contributed by atoms with van der Waals surface area (Å²) in [6, 6.07) is 0. The lowest BCUT2D eigenvalue weighted by atomic mass is 9.45. The van der Waals surface area contributed by atoms with Crippen LogP contribution in [0.5, 0.6) is 0 Å². The predicted octanol–water partition coefficient (Wildman–Crippen LogP) is 6.33. The summed E-state index contributed by atoms with van der Waals surface area (Å²) in [5.41, 5.74) is 1.08. The van der Waals surface area contributed by atoms with E-state index in [1.165, 1.54) is 77.0 Å². The first kappa shape index (κ1) is 18.0. The Hall–Kier alpha value is -0.0800. The quantitative estimate of drug-likeness (QED) is 0.573. The maximum atomic E-state index is 6.61. The van der Waals surface area contributed by atoms with Crippen LogP contribution in [0.4, 0.5) is 0 Å². The summed E-state index contributed by atoms with van der Waals surface area (Å²) in [7, 11) is 0. The topological polar surface area (TPSA) is 18.5 Å². The van der Waals surface area contributed by atoms with Gasteiger partial charge in [0.25, 0.3) is 0 Å². The molecule has 0 spiro atoms. The van der Waals surface area contributed by atoms with E-state index in [0.29, 0.717) is 16.9 Å². The standard InChI is InChI=1S/C24H40O2/c1-23-14-5-3-7-17(23)9-10-18-19-11-12-21(24(19,2)15-13-20(18)23)26-22-8-4-6-16-25-22/h17-22H,3-16H2,1-2H3. The Morgan fingerprint density at radius 2 is 1.58 bits per heavy atom. The zero-order valence-electron chi connectivity index (χ0n) is 17.2. The van der Waals surface area contributed by atoms with Crippen LogP contribution in [-0.4, -0.2) is 19.0 Å². The highest BCUT2D eigenvalue weighted by Crippen LogP contribution is 2.66. The largest absolute Gasteiger partial charge is 0.353 e. The molecule has 5 rings (SSSR count). The van der Waals surface area contributed by atoms with E-state index in [9.17, 15) is 0 Å². The molecule has 4 saturated carbocycles. The molecule has 0 aromatic heterocycles. The van der Waals surface area contributed by atoms with Crippen molar-refractivity contribution in [2.45, 2.75) is 110 Å². The predicted molar refractivity (Wildman–Crippen MR) is 105 cm³/mol. The molecule has 1 saturated heterocycles. The molecule has 26 heavy (non-hydrogen) atoms. The van der Waals surface area contributed by atoms with Crippen LogP contribution in [0, 0.1) is 34.5 Å². The van der Waals surface area contributed by atoms with E-state index in [0.717, 1.165) is 36.7 Å². The molecule has 0 amide bonds. The van der Waals surface area contributed by atoms with E-state index in [2.05, 4.69) is 13.8 Å². The molecule has 0 aromatic carbocycles. The van der Waals surface area contributed by atoms with E-state index >= 15 is 0 Å². The van der Waals surface area contributed by atoms with Gasteiger partial charge in [0.2, 0.25) is 0 Å². The van der Waals surface area contributed by atoms with Crippen molar-refractivity contribution >= 4 is 0 Å². The number of fused-ring (bicyclic) bond motifs is 5. The van der Waals surface area contributed by atoms with Crippen molar-refractivity contribution in [2.75, 3.05) is 6.61 Å². The van der Waals surface area contributed by atoms with Crippen LogP contribution in [0.3, 0.4) is 0 Å². The minimum Gasteiger partial charge on any atom is -0.353 e. The lowest BCUT2D eigenvalue weighted by Crippen LogP contribution is -2.53. The molecule has 4 aliphatic carbocycles. The van der Waals surface area contributed by atoms with E-state index in [1.807, 2.05) is 0 Å². The molecular weight excluding hydrogens is 320 g/mol. The summed E-state index contributed by atoms with van der Waals surface area (Å²) in [4.78, 5) is 0. The Labute approximate surface area is 160 Å². The average molecular weight is 361 g/mol. The van der Waals surface area contributed by atoms with Gasteiger partial charge in [0, 0.05) is 6.61 Å². The fourth-order valence-corrected chi connectivity index (χ4v) is 8.47. The van der Waals surface area contributed by atoms with Crippen molar-refractivity contribution in [3.05, 3.63) is 0 Å². The fraction of sp³-hybridized carbons (Fsp3) is 1.00. The van der Waals surface area contributed by atoms with E-state index in [4.69, 9.17) is 9.47 Å². The van der Waals surface area contributed by atoms with Gasteiger partial charge in [-0.2, -0.15) is 0 Å². The van der Waals surface area contributed by atoms with Crippen LogP contribution in [0.15, 0.2) is 0 Å². The van der Waals surface area contributed by atoms with Gasteiger partial charge in [0.05, 0.1) is 6.10 Å². The molecule has 148 valence electrons. The first-order valence-electron chi connectivity index (χ1n) is 11.9. The van der Waals surface area contributed by atoms with Gasteiger partial charge in [0.15, 0.2) is 6.29 Å². The Balaban J connectivity index is 1.33. The zero-order chi connectivity index (χ0) is 17.8. The molecule has 5 fully saturated rings. The number of hydrogen-bond donors (Lipinski definition) is 0. The molecule has 0 N–H and O–H groups in total. The van der Waals surface area contributed by atoms with Gasteiger partial charge in [0.1, 0.15) is 0 Å². The van der Waals surface area contributed by atoms with E-state index in [1.54, 1.807) is 0 Å². The van der Waals surface area contributed by atoms with Crippen molar-refractivity contribution in [1.29, 1.82) is 0 Å². The summed E-state index contributed by atoms with van der Waals surface area (Å²) >= 11 is 0. The third-order valence-electron chi connectivity index (χ3n) is 9.95. The molecule has 2 nitrogen and oxygen atoms in total. The average Bonchev–Trinajstić information content (AvgIpc) is 2.98. The number of rotatable bonds is 2. The Morgan fingerprint density at radius 1 is 0.731 bits per heavy atom. The maximum absolute atomic E-state index is 6.61. The molecule has 2 heteroatoms. The van der Waals surface area contributed by atoms with Gasteiger partial charge in [-0.05, 0) is 105 Å². The molecular formula is C24H40O2. The van der Waals surface area contributed by atoms with Crippen molar-refractivity contribution in [1.82, 2.24) is 0 Å². The second-order valence-corrected chi connectivity index (χ2v) is 10.9. The van der Waals surface area contributed by atoms with Gasteiger partial charge in [-0.15, -0.1) is 0 Å². The molecule has 8 atom stereocenters. The van der Waals surface area contributed by atoms with Gasteiger partial charge in [-0.25, -0.2) is 0 Å². The van der Waals surface area contributed by atoms with Crippen LogP contribution in [-0.2, 0) is 9.47 Å². The highest BCUT2D eigenvalue weighted by Gasteiger charge is 2.60. The van der Waals surface area contributed by atoms with Crippen LogP contribution in [0.2, 0.25) is 0 Å². The second-order valence-electron chi connectivity index (χ2n) is 10.9. The van der Waals surface area contributed by atoms with Gasteiger partial charge >= 0.3 is 0 Å². The second kappa shape index (κ2) is 6.76. The molecule has 8 unspecified atom stereocenters. The van der Waals surface area contributed by atoms with Crippen LogP contribution in [0.1, 0.15) is 97.3 Å². The number of ether oxygens (including phenoxy) is 2. The van der Waals surface area contributed by atoms with Crippen LogP contribution in [0.25, 0.3) is 0 Å². The lowest BCUT2D eigenvalue weighted by molar-refractivity contribution is -0.218. The SMILES string of the molecule is CC12CCCCC1CCC1C2CCC2(C)C(OC3CCCCO3)CCC12. The van der Waals surface area contributed by atoms with Gasteiger partial charge < -0.3 is 9.47 Å². The zero-order valence-corrected chi connectivity index (χ0v) is 17.2. The van der Waals surface area contributed by atoms with Gasteiger partial charge in [-0.3, -0.25) is 0 Å². The van der Waals surface area contributed by atoms with Crippen molar-refractivity contribution in [3.8, 4) is 0 Å². The Morgan fingerprint density at radius 3 is 2.42 bits per heavy atom. The van der Waals surface area contributed by atoms with Gasteiger partial charge in [-0.1, -0.05) is 26.7 Å². The van der Waals surface area contributed by atoms with Crippen molar-refractivity contribution < 1.29 is 9.47 Å². The monoisotopic (exact) mass is 360 g/mol. The highest BCUT2D eigenvalue weighted by molar-refractivity contribution is 5.09. The summed E-state index contributed by atoms with van der Waals surface area (Å²) in [6.07, 6.45) is 18.8. The van der Waals surface area contributed by atoms with Crippen LogP contribution >= 0.6 is 0 Å². The first-order chi connectivity index (χ1) is 12.6. The smallest absolute Gasteiger partial charge is 0.157 e. The molecule has 0 radical (unpaired) electrons. The fourth-order valence-electron chi connectivity index (χ4n) is 8.47. The number of hydrogen-bond acceptors (Lipinski definition) is 2. The summed E-state index contributed by atoms with van der Waals surface area (Å²) in [6.45, 7) is 6.18. The minimum atomic E-state index is 0.0913. The van der Waals surface area contributed by atoms with E-state index < -0.39 is 0 Å². The van der Waals surface area contributed by atoms with Crippen molar-refractivity contribution in [3.63, 3.8) is 0 Å². The maximum Gasteiger partial charge on any atom is 0.157 e. The van der Waals surface area contributed by atoms with Crippen molar-refractivity contribution in [2.24, 2.45) is 34.5 Å². The minimum absolute atomic E-state index is 0.0913. The molecule has 1 aliphatic heterocycles. The Kier molecular flexibility index (Phi) is 4.68. The summed E-state index contributed by atoms with van der Waals surface area (Å²) < 4.78 is 12.5. The highest BCUT2D eigenvalue weighted by atomic mass is 16.7. The molecule has 5 aliphatic rings. The van der Waals surface area contributed by atoms with Crippen LogP contribution < -0.4 is 0 Å². The first-order valence-corrected chi connectivity index (χ1v) is 11.9. The Bertz CT molecular complexity index is 512. The summed E-state index contributed by atoms with van der Waals surface area (Å²) in [5.74, 6) is 3.93. The third kappa shape index (κ3) is 2.72.